The Bertz CT molecular complexity index is 365. The van der Waals surface area contributed by atoms with Crippen LogP contribution in [-0.2, 0) is 11.2 Å². The van der Waals surface area contributed by atoms with E-state index in [2.05, 4.69) is 0 Å². The molecule has 100 valence electrons. The summed E-state index contributed by atoms with van der Waals surface area (Å²) in [5.74, 6) is -0.175. The van der Waals surface area contributed by atoms with E-state index in [0.717, 1.165) is 18.7 Å². The van der Waals surface area contributed by atoms with E-state index in [9.17, 15) is 9.18 Å². The maximum absolute atomic E-state index is 12.7. The van der Waals surface area contributed by atoms with Gasteiger partial charge in [-0.3, -0.25) is 9.69 Å². The quantitative estimate of drug-likeness (QED) is 0.765. The molecule has 0 aliphatic rings. The molecule has 0 atom stereocenters. The van der Waals surface area contributed by atoms with Crippen LogP contribution in [0, 0.1) is 5.82 Å². The maximum Gasteiger partial charge on any atom is 0.151 e. The van der Waals surface area contributed by atoms with Crippen LogP contribution in [0.15, 0.2) is 24.3 Å². The lowest BCUT2D eigenvalue weighted by Gasteiger charge is -2.18. The predicted molar refractivity (Wildman–Crippen MR) is 68.9 cm³/mol. The Kier molecular flexibility index (Phi) is 6.54. The van der Waals surface area contributed by atoms with Crippen LogP contribution in [0.25, 0.3) is 0 Å². The molecule has 1 N–H and O–H groups in total. The Labute approximate surface area is 107 Å². The molecule has 1 aromatic rings. The molecular formula is C14H20FNO2. The molecule has 0 spiro atoms. The molecule has 0 bridgehead atoms. The lowest BCUT2D eigenvalue weighted by molar-refractivity contribution is -0.119. The zero-order valence-electron chi connectivity index (χ0n) is 10.7. The van der Waals surface area contributed by atoms with Crippen molar-refractivity contribution >= 4 is 5.78 Å². The molecule has 0 unspecified atom stereocenters. The zero-order valence-corrected chi connectivity index (χ0v) is 10.7. The summed E-state index contributed by atoms with van der Waals surface area (Å²) in [7, 11) is 0. The van der Waals surface area contributed by atoms with Gasteiger partial charge in [0, 0.05) is 19.6 Å². The highest BCUT2D eigenvalue weighted by molar-refractivity contribution is 5.82. The van der Waals surface area contributed by atoms with Gasteiger partial charge in [0.1, 0.15) is 5.82 Å². The van der Waals surface area contributed by atoms with Crippen LogP contribution < -0.4 is 0 Å². The lowest BCUT2D eigenvalue weighted by atomic mass is 10.1. The number of aliphatic hydroxyl groups excluding tert-OH is 1. The molecular weight excluding hydrogens is 233 g/mol. The van der Waals surface area contributed by atoms with Crippen molar-refractivity contribution in [3.05, 3.63) is 35.6 Å². The van der Waals surface area contributed by atoms with Crippen molar-refractivity contribution < 1.29 is 14.3 Å². The van der Waals surface area contributed by atoms with E-state index in [0.29, 0.717) is 19.4 Å². The van der Waals surface area contributed by atoms with Crippen molar-refractivity contribution in [1.82, 2.24) is 4.90 Å². The first-order valence-corrected chi connectivity index (χ1v) is 6.25. The SMILES string of the molecule is CCN(CCCO)CC(=O)Cc1ccc(F)cc1. The van der Waals surface area contributed by atoms with Crippen LogP contribution >= 0.6 is 0 Å². The third kappa shape index (κ3) is 5.38. The molecule has 1 aromatic carbocycles. The summed E-state index contributed by atoms with van der Waals surface area (Å²) in [6, 6.07) is 6.01. The number of nitrogens with zero attached hydrogens (tertiary/aromatic N) is 1. The second-order valence-corrected chi connectivity index (χ2v) is 4.29. The molecule has 0 fully saturated rings. The summed E-state index contributed by atoms with van der Waals surface area (Å²) in [5.41, 5.74) is 0.833. The monoisotopic (exact) mass is 253 g/mol. The molecule has 0 heterocycles. The van der Waals surface area contributed by atoms with Crippen molar-refractivity contribution in [2.75, 3.05) is 26.2 Å². The average molecular weight is 253 g/mol. The van der Waals surface area contributed by atoms with Gasteiger partial charge in [0.2, 0.25) is 0 Å². The smallest absolute Gasteiger partial charge is 0.151 e. The first-order valence-electron chi connectivity index (χ1n) is 6.25. The second kappa shape index (κ2) is 7.95. The van der Waals surface area contributed by atoms with E-state index in [-0.39, 0.29) is 18.2 Å². The molecule has 1 rings (SSSR count). The van der Waals surface area contributed by atoms with E-state index in [1.807, 2.05) is 11.8 Å². The van der Waals surface area contributed by atoms with Gasteiger partial charge in [0.25, 0.3) is 0 Å². The van der Waals surface area contributed by atoms with Gasteiger partial charge in [0.15, 0.2) is 5.78 Å². The van der Waals surface area contributed by atoms with Crippen molar-refractivity contribution in [2.45, 2.75) is 19.8 Å². The van der Waals surface area contributed by atoms with E-state index in [4.69, 9.17) is 5.11 Å². The van der Waals surface area contributed by atoms with Crippen LogP contribution in [-0.4, -0.2) is 42.0 Å². The van der Waals surface area contributed by atoms with Crippen molar-refractivity contribution in [1.29, 1.82) is 0 Å². The van der Waals surface area contributed by atoms with Crippen LogP contribution in [0.1, 0.15) is 18.9 Å². The minimum Gasteiger partial charge on any atom is -0.396 e. The number of benzene rings is 1. The zero-order chi connectivity index (χ0) is 13.4. The van der Waals surface area contributed by atoms with Gasteiger partial charge in [-0.15, -0.1) is 0 Å². The highest BCUT2D eigenvalue weighted by Gasteiger charge is 2.09. The Morgan fingerprint density at radius 1 is 1.33 bits per heavy atom. The highest BCUT2D eigenvalue weighted by atomic mass is 19.1. The molecule has 0 aliphatic carbocycles. The van der Waals surface area contributed by atoms with E-state index in [1.165, 1.54) is 12.1 Å². The number of aliphatic hydroxyl groups is 1. The number of hydrogen-bond donors (Lipinski definition) is 1. The van der Waals surface area contributed by atoms with Gasteiger partial charge in [-0.25, -0.2) is 4.39 Å². The summed E-state index contributed by atoms with van der Waals surface area (Å²) >= 11 is 0. The number of likely N-dealkylation sites (N-methyl/N-ethyl adjacent to an activating group) is 1. The molecule has 0 saturated heterocycles. The highest BCUT2D eigenvalue weighted by Crippen LogP contribution is 2.04. The Balaban J connectivity index is 2.42. The fraction of sp³-hybridized carbons (Fsp3) is 0.500. The van der Waals surface area contributed by atoms with Crippen LogP contribution in [0.5, 0.6) is 0 Å². The van der Waals surface area contributed by atoms with Gasteiger partial charge in [-0.1, -0.05) is 19.1 Å². The number of ketones is 1. The largest absolute Gasteiger partial charge is 0.396 e. The van der Waals surface area contributed by atoms with Gasteiger partial charge in [0.05, 0.1) is 6.54 Å². The van der Waals surface area contributed by atoms with Crippen LogP contribution in [0.4, 0.5) is 4.39 Å². The molecule has 0 aromatic heterocycles. The normalized spacial score (nSPS) is 10.9. The summed E-state index contributed by atoms with van der Waals surface area (Å²) in [4.78, 5) is 13.8. The molecule has 0 radical (unpaired) electrons. The third-order valence-corrected chi connectivity index (χ3v) is 2.79. The van der Waals surface area contributed by atoms with Crippen molar-refractivity contribution in [3.8, 4) is 0 Å². The molecule has 18 heavy (non-hydrogen) atoms. The Morgan fingerprint density at radius 3 is 2.56 bits per heavy atom. The summed E-state index contributed by atoms with van der Waals surface area (Å²) in [5, 5.41) is 8.76. The van der Waals surface area contributed by atoms with Crippen molar-refractivity contribution in [2.24, 2.45) is 0 Å². The third-order valence-electron chi connectivity index (χ3n) is 2.79. The molecule has 0 saturated carbocycles. The topological polar surface area (TPSA) is 40.5 Å². The van der Waals surface area contributed by atoms with Crippen LogP contribution in [0.2, 0.25) is 0 Å². The number of hydrogen-bond acceptors (Lipinski definition) is 3. The molecule has 0 amide bonds. The van der Waals surface area contributed by atoms with Gasteiger partial charge < -0.3 is 5.11 Å². The number of carbonyl (C=O) groups is 1. The first-order chi connectivity index (χ1) is 8.65. The van der Waals surface area contributed by atoms with E-state index in [1.54, 1.807) is 12.1 Å². The maximum atomic E-state index is 12.7. The number of halogens is 1. The molecule has 4 heteroatoms. The lowest BCUT2D eigenvalue weighted by Crippen LogP contribution is -2.31. The number of carbonyl (C=O) groups excluding carboxylic acids is 1. The molecule has 3 nitrogen and oxygen atoms in total. The Hall–Kier alpha value is -1.26. The first kappa shape index (κ1) is 14.8. The van der Waals surface area contributed by atoms with Crippen molar-refractivity contribution in [3.63, 3.8) is 0 Å². The molecule has 0 aliphatic heterocycles. The average Bonchev–Trinajstić information content (AvgIpc) is 2.37. The van der Waals surface area contributed by atoms with E-state index >= 15 is 0 Å². The Morgan fingerprint density at radius 2 is 2.00 bits per heavy atom. The summed E-state index contributed by atoms with van der Waals surface area (Å²) < 4.78 is 12.7. The van der Waals surface area contributed by atoms with Gasteiger partial charge in [-0.05, 0) is 30.7 Å². The standard InChI is InChI=1S/C14H20FNO2/c1-2-16(8-3-9-17)11-14(18)10-12-4-6-13(15)7-5-12/h4-7,17H,2-3,8-11H2,1H3. The fourth-order valence-corrected chi connectivity index (χ4v) is 1.78. The van der Waals surface area contributed by atoms with Crippen LogP contribution in [0.3, 0.4) is 0 Å². The van der Waals surface area contributed by atoms with Gasteiger partial charge >= 0.3 is 0 Å². The number of Topliss-reactive ketones (excluding diaryl/α,β-unsaturated/α-hetero) is 1. The van der Waals surface area contributed by atoms with E-state index < -0.39 is 0 Å². The van der Waals surface area contributed by atoms with Gasteiger partial charge in [-0.2, -0.15) is 0 Å². The minimum atomic E-state index is -0.288. The summed E-state index contributed by atoms with van der Waals surface area (Å²) in [6.07, 6.45) is 1.01. The minimum absolute atomic E-state index is 0.112. The fourth-order valence-electron chi connectivity index (χ4n) is 1.78. The predicted octanol–water partition coefficient (Wildman–Crippen LogP) is 1.64. The number of rotatable bonds is 8. The summed E-state index contributed by atoms with van der Waals surface area (Å²) in [6.45, 7) is 4.02. The second-order valence-electron chi connectivity index (χ2n) is 4.29.